The first-order valence-corrected chi connectivity index (χ1v) is 4.98. The van der Waals surface area contributed by atoms with Crippen LogP contribution in [0.2, 0.25) is 0 Å². The summed E-state index contributed by atoms with van der Waals surface area (Å²) in [6.45, 7) is 2.04. The molecule has 0 aromatic heterocycles. The van der Waals surface area contributed by atoms with Crippen LogP contribution < -0.4 is 0 Å². The fraction of sp³-hybridized carbons (Fsp3) is 0.417. The highest BCUT2D eigenvalue weighted by atomic mass is 16.4. The first-order chi connectivity index (χ1) is 6.72. The van der Waals surface area contributed by atoms with Crippen molar-refractivity contribution in [3.05, 3.63) is 35.9 Å². The van der Waals surface area contributed by atoms with Crippen molar-refractivity contribution in [3.63, 3.8) is 0 Å². The lowest BCUT2D eigenvalue weighted by Gasteiger charge is -2.11. The van der Waals surface area contributed by atoms with Crippen molar-refractivity contribution in [1.29, 1.82) is 0 Å². The van der Waals surface area contributed by atoms with E-state index in [0.29, 0.717) is 0 Å². The van der Waals surface area contributed by atoms with Crippen molar-refractivity contribution in [2.75, 3.05) is 0 Å². The quantitative estimate of drug-likeness (QED) is 0.778. The summed E-state index contributed by atoms with van der Waals surface area (Å²) in [7, 11) is 0. The van der Waals surface area contributed by atoms with Gasteiger partial charge in [0.2, 0.25) is 0 Å². The molecule has 0 heterocycles. The van der Waals surface area contributed by atoms with E-state index in [1.807, 2.05) is 37.3 Å². The molecule has 0 aliphatic carbocycles. The topological polar surface area (TPSA) is 37.3 Å². The van der Waals surface area contributed by atoms with Crippen LogP contribution in [0.5, 0.6) is 0 Å². The lowest BCUT2D eigenvalue weighted by atomic mass is 9.94. The minimum atomic E-state index is -0.701. The Bertz CT molecular complexity index is 280. The van der Waals surface area contributed by atoms with Crippen LogP contribution in [0, 0.1) is 5.92 Å². The molecule has 1 atom stereocenters. The second kappa shape index (κ2) is 5.43. The highest BCUT2D eigenvalue weighted by Crippen LogP contribution is 2.15. The third-order valence-corrected chi connectivity index (χ3v) is 2.41. The van der Waals surface area contributed by atoms with Gasteiger partial charge in [0.25, 0.3) is 0 Å². The van der Waals surface area contributed by atoms with Crippen LogP contribution >= 0.6 is 0 Å². The van der Waals surface area contributed by atoms with Gasteiger partial charge in [0.1, 0.15) is 0 Å². The van der Waals surface area contributed by atoms with Crippen molar-refractivity contribution in [3.8, 4) is 0 Å². The van der Waals surface area contributed by atoms with Crippen molar-refractivity contribution >= 4 is 5.97 Å². The Balaban J connectivity index is 2.53. The van der Waals surface area contributed by atoms with Gasteiger partial charge in [0, 0.05) is 6.42 Å². The first-order valence-electron chi connectivity index (χ1n) is 4.98. The maximum Gasteiger partial charge on any atom is 0.303 e. The third-order valence-electron chi connectivity index (χ3n) is 2.41. The monoisotopic (exact) mass is 192 g/mol. The van der Waals surface area contributed by atoms with Gasteiger partial charge in [-0.1, -0.05) is 43.7 Å². The van der Waals surface area contributed by atoms with E-state index in [4.69, 9.17) is 5.11 Å². The summed E-state index contributed by atoms with van der Waals surface area (Å²) in [5.74, 6) is -0.442. The summed E-state index contributed by atoms with van der Waals surface area (Å²) in [6, 6.07) is 10.0. The van der Waals surface area contributed by atoms with Gasteiger partial charge in [-0.15, -0.1) is 0 Å². The summed E-state index contributed by atoms with van der Waals surface area (Å²) in [4.78, 5) is 10.6. The van der Waals surface area contributed by atoms with Crippen molar-refractivity contribution in [1.82, 2.24) is 0 Å². The lowest BCUT2D eigenvalue weighted by molar-refractivity contribution is -0.138. The van der Waals surface area contributed by atoms with Gasteiger partial charge in [-0.05, 0) is 17.9 Å². The molecule has 2 nitrogen and oxygen atoms in total. The fourth-order valence-electron chi connectivity index (χ4n) is 1.56. The molecule has 2 heteroatoms. The molecule has 1 unspecified atom stereocenters. The predicted octanol–water partition coefficient (Wildman–Crippen LogP) is 2.73. The minimum absolute atomic E-state index is 0.259. The number of aliphatic carboxylic acids is 1. The Morgan fingerprint density at radius 1 is 1.36 bits per heavy atom. The molecule has 76 valence electrons. The molecule has 0 bridgehead atoms. The van der Waals surface area contributed by atoms with Crippen LogP contribution in [0.1, 0.15) is 25.3 Å². The van der Waals surface area contributed by atoms with Gasteiger partial charge in [0.15, 0.2) is 0 Å². The number of carbonyl (C=O) groups is 1. The van der Waals surface area contributed by atoms with Gasteiger partial charge in [-0.2, -0.15) is 0 Å². The fourth-order valence-corrected chi connectivity index (χ4v) is 1.56. The van der Waals surface area contributed by atoms with E-state index in [9.17, 15) is 4.79 Å². The molecule has 0 fully saturated rings. The normalized spacial score (nSPS) is 12.4. The Morgan fingerprint density at radius 3 is 2.50 bits per heavy atom. The van der Waals surface area contributed by atoms with Crippen molar-refractivity contribution in [2.24, 2.45) is 5.92 Å². The standard InChI is InChI=1S/C12H16O2/c1-2-10(9-12(13)14)8-11-6-4-3-5-7-11/h3-7,10H,2,8-9H2,1H3,(H,13,14). The Labute approximate surface area is 84.6 Å². The van der Waals surface area contributed by atoms with Crippen LogP contribution in [0.15, 0.2) is 30.3 Å². The maximum atomic E-state index is 10.6. The number of hydrogen-bond donors (Lipinski definition) is 1. The predicted molar refractivity (Wildman–Crippen MR) is 56.2 cm³/mol. The average Bonchev–Trinajstić information content (AvgIpc) is 2.17. The van der Waals surface area contributed by atoms with E-state index < -0.39 is 5.97 Å². The zero-order valence-corrected chi connectivity index (χ0v) is 8.44. The Hall–Kier alpha value is -1.31. The van der Waals surface area contributed by atoms with Crippen molar-refractivity contribution < 1.29 is 9.90 Å². The molecule has 0 aliphatic rings. The first kappa shape index (κ1) is 10.8. The van der Waals surface area contributed by atoms with Gasteiger partial charge < -0.3 is 5.11 Å². The van der Waals surface area contributed by atoms with Crippen LogP contribution in [-0.2, 0) is 11.2 Å². The van der Waals surface area contributed by atoms with E-state index in [1.165, 1.54) is 5.56 Å². The molecule has 0 saturated heterocycles. The number of carboxylic acid groups (broad SMARTS) is 1. The minimum Gasteiger partial charge on any atom is -0.481 e. The third kappa shape index (κ3) is 3.60. The van der Waals surface area contributed by atoms with Crippen molar-refractivity contribution in [2.45, 2.75) is 26.2 Å². The molecule has 1 N–H and O–H groups in total. The van der Waals surface area contributed by atoms with E-state index in [0.717, 1.165) is 12.8 Å². The van der Waals surface area contributed by atoms with E-state index >= 15 is 0 Å². The molecule has 0 aliphatic heterocycles. The highest BCUT2D eigenvalue weighted by Gasteiger charge is 2.11. The molecule has 14 heavy (non-hydrogen) atoms. The summed E-state index contributed by atoms with van der Waals surface area (Å²) in [6.07, 6.45) is 2.05. The second-order valence-corrected chi connectivity index (χ2v) is 3.56. The molecule has 1 aromatic rings. The summed E-state index contributed by atoms with van der Waals surface area (Å²) < 4.78 is 0. The van der Waals surface area contributed by atoms with Crippen LogP contribution in [0.4, 0.5) is 0 Å². The second-order valence-electron chi connectivity index (χ2n) is 3.56. The summed E-state index contributed by atoms with van der Waals surface area (Å²) in [5.41, 5.74) is 1.22. The average molecular weight is 192 g/mol. The van der Waals surface area contributed by atoms with Gasteiger partial charge in [0.05, 0.1) is 0 Å². The largest absolute Gasteiger partial charge is 0.481 e. The highest BCUT2D eigenvalue weighted by molar-refractivity contribution is 5.67. The molecule has 0 amide bonds. The molecule has 0 saturated carbocycles. The number of benzene rings is 1. The van der Waals surface area contributed by atoms with E-state index in [-0.39, 0.29) is 12.3 Å². The van der Waals surface area contributed by atoms with E-state index in [2.05, 4.69) is 0 Å². The van der Waals surface area contributed by atoms with Crippen LogP contribution in [0.3, 0.4) is 0 Å². The zero-order chi connectivity index (χ0) is 10.4. The molecular weight excluding hydrogens is 176 g/mol. The zero-order valence-electron chi connectivity index (χ0n) is 8.44. The molecule has 0 radical (unpaired) electrons. The van der Waals surface area contributed by atoms with Gasteiger partial charge >= 0.3 is 5.97 Å². The molecule has 1 rings (SSSR count). The Morgan fingerprint density at radius 2 is 2.00 bits per heavy atom. The lowest BCUT2D eigenvalue weighted by Crippen LogP contribution is -2.09. The number of carboxylic acids is 1. The Kier molecular flexibility index (Phi) is 4.17. The smallest absolute Gasteiger partial charge is 0.303 e. The number of hydrogen-bond acceptors (Lipinski definition) is 1. The molecular formula is C12H16O2. The van der Waals surface area contributed by atoms with Crippen LogP contribution in [-0.4, -0.2) is 11.1 Å². The number of rotatable bonds is 5. The molecule has 0 spiro atoms. The van der Waals surface area contributed by atoms with Crippen LogP contribution in [0.25, 0.3) is 0 Å². The SMILES string of the molecule is CCC(CC(=O)O)Cc1ccccc1. The summed E-state index contributed by atoms with van der Waals surface area (Å²) >= 11 is 0. The summed E-state index contributed by atoms with van der Waals surface area (Å²) in [5, 5.41) is 8.69. The molecule has 1 aromatic carbocycles. The maximum absolute atomic E-state index is 10.6. The van der Waals surface area contributed by atoms with E-state index in [1.54, 1.807) is 0 Å². The van der Waals surface area contributed by atoms with Gasteiger partial charge in [-0.3, -0.25) is 4.79 Å². The van der Waals surface area contributed by atoms with Gasteiger partial charge in [-0.25, -0.2) is 0 Å².